The van der Waals surface area contributed by atoms with Gasteiger partial charge in [-0.15, -0.1) is 0 Å². The molecule has 1 nitrogen and oxygen atoms in total. The van der Waals surface area contributed by atoms with Crippen LogP contribution in [0.5, 0.6) is 5.75 Å². The Kier molecular flexibility index (Phi) is 6.06. The first kappa shape index (κ1) is 16.1. The van der Waals surface area contributed by atoms with E-state index in [0.717, 1.165) is 17.7 Å². The van der Waals surface area contributed by atoms with Crippen molar-refractivity contribution in [3.63, 3.8) is 0 Å². The smallest absolute Gasteiger partial charge is 0.140 e. The molecule has 0 heterocycles. The molecule has 112 valence electrons. The Morgan fingerprint density at radius 1 is 1.14 bits per heavy atom. The number of benzene rings is 2. The molecule has 0 fully saturated rings. The van der Waals surface area contributed by atoms with Gasteiger partial charge in [0.05, 0.1) is 12.2 Å². The summed E-state index contributed by atoms with van der Waals surface area (Å²) < 4.78 is 19.2. The van der Waals surface area contributed by atoms with Crippen molar-refractivity contribution in [3.8, 4) is 17.6 Å². The van der Waals surface area contributed by atoms with E-state index in [4.69, 9.17) is 16.3 Å². The fourth-order valence-electron chi connectivity index (χ4n) is 1.78. The molecule has 0 saturated heterocycles. The monoisotopic (exact) mass is 314 g/mol. The van der Waals surface area contributed by atoms with Crippen LogP contribution in [-0.4, -0.2) is 6.61 Å². The minimum atomic E-state index is -0.413. The number of rotatable bonds is 4. The highest BCUT2D eigenvalue weighted by Crippen LogP contribution is 2.15. The summed E-state index contributed by atoms with van der Waals surface area (Å²) in [6, 6.07) is 11.9. The van der Waals surface area contributed by atoms with Crippen LogP contribution in [0, 0.1) is 17.7 Å². The standard InChI is InChI=1S/C19H16ClFO/c1-2-3-4-13-22-18-11-6-15(7-12-18)5-8-16-9-10-17(20)14-19(16)21/h2-3,6-7,9-12,14H,4,13H2,1H3. The van der Waals surface area contributed by atoms with Crippen molar-refractivity contribution >= 4 is 11.6 Å². The molecule has 0 aliphatic heterocycles. The molecule has 0 atom stereocenters. The number of allylic oxidation sites excluding steroid dienone is 1. The average molecular weight is 315 g/mol. The number of hydrogen-bond donors (Lipinski definition) is 0. The Morgan fingerprint density at radius 3 is 2.59 bits per heavy atom. The maximum Gasteiger partial charge on any atom is 0.140 e. The van der Waals surface area contributed by atoms with Gasteiger partial charge in [-0.25, -0.2) is 4.39 Å². The molecule has 0 saturated carbocycles. The lowest BCUT2D eigenvalue weighted by atomic mass is 10.1. The quantitative estimate of drug-likeness (QED) is 0.427. The van der Waals surface area contributed by atoms with E-state index in [0.29, 0.717) is 17.2 Å². The lowest BCUT2D eigenvalue weighted by Gasteiger charge is -2.03. The molecule has 2 rings (SSSR count). The minimum Gasteiger partial charge on any atom is -0.493 e. The van der Waals surface area contributed by atoms with Gasteiger partial charge in [0, 0.05) is 10.6 Å². The van der Waals surface area contributed by atoms with Crippen molar-refractivity contribution < 1.29 is 9.13 Å². The summed E-state index contributed by atoms with van der Waals surface area (Å²) in [7, 11) is 0. The summed E-state index contributed by atoms with van der Waals surface area (Å²) in [5, 5.41) is 0.363. The lowest BCUT2D eigenvalue weighted by molar-refractivity contribution is 0.325. The van der Waals surface area contributed by atoms with Crippen LogP contribution in [-0.2, 0) is 0 Å². The van der Waals surface area contributed by atoms with Gasteiger partial charge in [-0.2, -0.15) is 0 Å². The van der Waals surface area contributed by atoms with Crippen LogP contribution in [0.3, 0.4) is 0 Å². The highest BCUT2D eigenvalue weighted by Gasteiger charge is 1.99. The fourth-order valence-corrected chi connectivity index (χ4v) is 1.94. The zero-order valence-electron chi connectivity index (χ0n) is 12.3. The fraction of sp³-hybridized carbons (Fsp3) is 0.158. The Hall–Kier alpha value is -2.24. The van der Waals surface area contributed by atoms with Crippen molar-refractivity contribution in [1.82, 2.24) is 0 Å². The molecule has 0 amide bonds. The summed E-state index contributed by atoms with van der Waals surface area (Å²) in [5.41, 5.74) is 1.13. The van der Waals surface area contributed by atoms with Gasteiger partial charge < -0.3 is 4.74 Å². The predicted octanol–water partition coefficient (Wildman–Crippen LogP) is 5.22. The lowest BCUT2D eigenvalue weighted by Crippen LogP contribution is -1.95. The Morgan fingerprint density at radius 2 is 1.91 bits per heavy atom. The largest absolute Gasteiger partial charge is 0.493 e. The van der Waals surface area contributed by atoms with E-state index < -0.39 is 5.82 Å². The minimum absolute atomic E-state index is 0.330. The molecule has 0 radical (unpaired) electrons. The van der Waals surface area contributed by atoms with E-state index in [1.807, 2.05) is 37.3 Å². The van der Waals surface area contributed by atoms with Crippen molar-refractivity contribution in [1.29, 1.82) is 0 Å². The summed E-state index contributed by atoms with van der Waals surface area (Å²) in [5.74, 6) is 6.11. The molecular weight excluding hydrogens is 299 g/mol. The van der Waals surface area contributed by atoms with E-state index in [9.17, 15) is 4.39 Å². The van der Waals surface area contributed by atoms with Crippen molar-refractivity contribution in [2.24, 2.45) is 0 Å². The molecule has 0 N–H and O–H groups in total. The van der Waals surface area contributed by atoms with Gasteiger partial charge in [0.2, 0.25) is 0 Å². The van der Waals surface area contributed by atoms with Gasteiger partial charge in [0.1, 0.15) is 11.6 Å². The molecular formula is C19H16ClFO. The molecule has 0 aliphatic carbocycles. The van der Waals surface area contributed by atoms with E-state index in [2.05, 4.69) is 17.9 Å². The highest BCUT2D eigenvalue weighted by atomic mass is 35.5. The van der Waals surface area contributed by atoms with Crippen LogP contribution in [0.15, 0.2) is 54.6 Å². The van der Waals surface area contributed by atoms with E-state index >= 15 is 0 Å². The van der Waals surface area contributed by atoms with E-state index in [-0.39, 0.29) is 0 Å². The first-order valence-electron chi connectivity index (χ1n) is 7.00. The summed E-state index contributed by atoms with van der Waals surface area (Å²) in [6.07, 6.45) is 4.94. The van der Waals surface area contributed by atoms with Gasteiger partial charge in [0.15, 0.2) is 0 Å². The molecule has 2 aromatic carbocycles. The molecule has 3 heteroatoms. The van der Waals surface area contributed by atoms with Gasteiger partial charge in [-0.05, 0) is 55.8 Å². The van der Waals surface area contributed by atoms with Crippen molar-refractivity contribution in [2.45, 2.75) is 13.3 Å². The van der Waals surface area contributed by atoms with Gasteiger partial charge >= 0.3 is 0 Å². The molecule has 0 aliphatic rings. The summed E-state index contributed by atoms with van der Waals surface area (Å²) in [6.45, 7) is 2.63. The van der Waals surface area contributed by atoms with Crippen LogP contribution in [0.4, 0.5) is 4.39 Å². The van der Waals surface area contributed by atoms with Crippen LogP contribution >= 0.6 is 11.6 Å². The summed E-state index contributed by atoms with van der Waals surface area (Å²) in [4.78, 5) is 0. The third-order valence-corrected chi connectivity index (χ3v) is 3.15. The van der Waals surface area contributed by atoms with Crippen molar-refractivity contribution in [3.05, 3.63) is 76.6 Å². The molecule has 0 spiro atoms. The second-order valence-electron chi connectivity index (χ2n) is 4.60. The maximum atomic E-state index is 13.6. The SMILES string of the molecule is CC=CCCOc1ccc(C#Cc2ccc(Cl)cc2F)cc1. The third-order valence-electron chi connectivity index (χ3n) is 2.92. The maximum absolute atomic E-state index is 13.6. The Labute approximate surface area is 135 Å². The normalized spacial score (nSPS) is 10.3. The molecule has 22 heavy (non-hydrogen) atoms. The van der Waals surface area contributed by atoms with Crippen molar-refractivity contribution in [2.75, 3.05) is 6.61 Å². The van der Waals surface area contributed by atoms with E-state index in [1.54, 1.807) is 12.1 Å². The Balaban J connectivity index is 2.01. The first-order chi connectivity index (χ1) is 10.7. The van der Waals surface area contributed by atoms with Crippen LogP contribution in [0.1, 0.15) is 24.5 Å². The highest BCUT2D eigenvalue weighted by molar-refractivity contribution is 6.30. The summed E-state index contributed by atoms with van der Waals surface area (Å²) >= 11 is 5.71. The molecule has 0 bridgehead atoms. The number of hydrogen-bond acceptors (Lipinski definition) is 1. The molecule has 0 aromatic heterocycles. The topological polar surface area (TPSA) is 9.23 Å². The second-order valence-corrected chi connectivity index (χ2v) is 5.04. The average Bonchev–Trinajstić information content (AvgIpc) is 2.52. The third kappa shape index (κ3) is 4.95. The second kappa shape index (κ2) is 8.26. The van der Waals surface area contributed by atoms with E-state index in [1.165, 1.54) is 6.07 Å². The van der Waals surface area contributed by atoms with Gasteiger partial charge in [0.25, 0.3) is 0 Å². The first-order valence-corrected chi connectivity index (χ1v) is 7.38. The zero-order valence-corrected chi connectivity index (χ0v) is 13.0. The number of halogens is 2. The van der Waals surface area contributed by atoms with Gasteiger partial charge in [-0.3, -0.25) is 0 Å². The Bertz CT molecular complexity index is 708. The zero-order chi connectivity index (χ0) is 15.8. The number of ether oxygens (including phenoxy) is 1. The van der Waals surface area contributed by atoms with Crippen LogP contribution < -0.4 is 4.74 Å². The van der Waals surface area contributed by atoms with Gasteiger partial charge in [-0.1, -0.05) is 35.6 Å². The van der Waals surface area contributed by atoms with Crippen LogP contribution in [0.25, 0.3) is 0 Å². The molecule has 0 unspecified atom stereocenters. The molecule has 2 aromatic rings. The van der Waals surface area contributed by atoms with Crippen LogP contribution in [0.2, 0.25) is 5.02 Å². The predicted molar refractivity (Wildman–Crippen MR) is 88.8 cm³/mol.